The molecule has 5 nitrogen and oxygen atoms in total. The number of aromatic nitrogens is 2. The second-order valence-electron chi connectivity index (χ2n) is 3.96. The van der Waals surface area contributed by atoms with E-state index in [9.17, 15) is 5.11 Å². The molecule has 1 N–H and O–H groups in total. The van der Waals surface area contributed by atoms with Crippen molar-refractivity contribution in [1.82, 2.24) is 10.1 Å². The van der Waals surface area contributed by atoms with Gasteiger partial charge in [0, 0.05) is 12.0 Å². The normalized spacial score (nSPS) is 12.4. The van der Waals surface area contributed by atoms with E-state index in [1.165, 1.54) is 0 Å². The molecular formula is C13H16N2O3. The van der Waals surface area contributed by atoms with Crippen LogP contribution in [-0.2, 0) is 13.0 Å². The molecule has 18 heavy (non-hydrogen) atoms. The number of aliphatic hydroxyl groups excluding tert-OH is 1. The van der Waals surface area contributed by atoms with Crippen molar-refractivity contribution in [2.45, 2.75) is 33.0 Å². The Balaban J connectivity index is 2.05. The van der Waals surface area contributed by atoms with Crippen molar-refractivity contribution in [1.29, 1.82) is 0 Å². The molecule has 1 aromatic heterocycles. The van der Waals surface area contributed by atoms with Crippen LogP contribution in [0.3, 0.4) is 0 Å². The SMILES string of the molecule is CCc1nc(COc2ccccc2[C@@H](C)O)no1. The van der Waals surface area contributed by atoms with Gasteiger partial charge in [0.1, 0.15) is 5.75 Å². The zero-order valence-corrected chi connectivity index (χ0v) is 10.5. The van der Waals surface area contributed by atoms with Gasteiger partial charge in [-0.25, -0.2) is 0 Å². The number of para-hydroxylation sites is 1. The smallest absolute Gasteiger partial charge is 0.226 e. The second kappa shape index (κ2) is 5.64. The predicted molar refractivity (Wildman–Crippen MR) is 65.1 cm³/mol. The zero-order valence-electron chi connectivity index (χ0n) is 10.5. The molecule has 1 heterocycles. The first kappa shape index (κ1) is 12.6. The first-order valence-electron chi connectivity index (χ1n) is 5.92. The van der Waals surface area contributed by atoms with Crippen molar-refractivity contribution in [2.75, 3.05) is 0 Å². The average Bonchev–Trinajstić information content (AvgIpc) is 2.84. The highest BCUT2D eigenvalue weighted by atomic mass is 16.5. The topological polar surface area (TPSA) is 68.4 Å². The molecule has 0 aliphatic heterocycles. The van der Waals surface area contributed by atoms with Crippen LogP contribution in [-0.4, -0.2) is 15.2 Å². The lowest BCUT2D eigenvalue weighted by Gasteiger charge is -2.11. The summed E-state index contributed by atoms with van der Waals surface area (Å²) in [5, 5.41) is 13.4. The molecule has 0 fully saturated rings. The van der Waals surface area contributed by atoms with E-state index in [-0.39, 0.29) is 6.61 Å². The van der Waals surface area contributed by atoms with Crippen molar-refractivity contribution >= 4 is 0 Å². The van der Waals surface area contributed by atoms with Crippen LogP contribution in [0, 0.1) is 0 Å². The van der Waals surface area contributed by atoms with Crippen molar-refractivity contribution in [2.24, 2.45) is 0 Å². The number of rotatable bonds is 5. The molecular weight excluding hydrogens is 232 g/mol. The lowest BCUT2D eigenvalue weighted by atomic mass is 10.1. The summed E-state index contributed by atoms with van der Waals surface area (Å²) < 4.78 is 10.6. The van der Waals surface area contributed by atoms with Gasteiger partial charge in [0.05, 0.1) is 6.10 Å². The maximum Gasteiger partial charge on any atom is 0.226 e. The minimum absolute atomic E-state index is 0.229. The Bertz CT molecular complexity index is 508. The largest absolute Gasteiger partial charge is 0.485 e. The predicted octanol–water partition coefficient (Wildman–Crippen LogP) is 2.26. The lowest BCUT2D eigenvalue weighted by Crippen LogP contribution is -2.02. The Morgan fingerprint density at radius 2 is 2.17 bits per heavy atom. The fourth-order valence-electron chi connectivity index (χ4n) is 1.59. The highest BCUT2D eigenvalue weighted by Gasteiger charge is 2.10. The fourth-order valence-corrected chi connectivity index (χ4v) is 1.59. The van der Waals surface area contributed by atoms with Gasteiger partial charge in [0.2, 0.25) is 11.7 Å². The molecule has 5 heteroatoms. The maximum absolute atomic E-state index is 9.61. The Hall–Kier alpha value is -1.88. The van der Waals surface area contributed by atoms with E-state index >= 15 is 0 Å². The summed E-state index contributed by atoms with van der Waals surface area (Å²) >= 11 is 0. The van der Waals surface area contributed by atoms with Crippen LogP contribution < -0.4 is 4.74 Å². The Labute approximate surface area is 105 Å². The van der Waals surface area contributed by atoms with Crippen molar-refractivity contribution in [3.05, 3.63) is 41.5 Å². The molecule has 1 aromatic carbocycles. The third-order valence-corrected chi connectivity index (χ3v) is 2.54. The zero-order chi connectivity index (χ0) is 13.0. The van der Waals surface area contributed by atoms with Gasteiger partial charge in [-0.2, -0.15) is 4.98 Å². The van der Waals surface area contributed by atoms with Gasteiger partial charge in [-0.1, -0.05) is 30.3 Å². The average molecular weight is 248 g/mol. The van der Waals surface area contributed by atoms with E-state index < -0.39 is 6.10 Å². The third-order valence-electron chi connectivity index (χ3n) is 2.54. The van der Waals surface area contributed by atoms with Crippen molar-refractivity contribution in [3.63, 3.8) is 0 Å². The van der Waals surface area contributed by atoms with Crippen LogP contribution in [0.4, 0.5) is 0 Å². The van der Waals surface area contributed by atoms with Gasteiger partial charge in [-0.05, 0) is 13.0 Å². The van der Waals surface area contributed by atoms with Gasteiger partial charge >= 0.3 is 0 Å². The minimum atomic E-state index is -0.572. The summed E-state index contributed by atoms with van der Waals surface area (Å²) in [4.78, 5) is 4.15. The summed E-state index contributed by atoms with van der Waals surface area (Å²) in [6.45, 7) is 3.87. The lowest BCUT2D eigenvalue weighted by molar-refractivity contribution is 0.189. The minimum Gasteiger partial charge on any atom is -0.485 e. The van der Waals surface area contributed by atoms with Crippen molar-refractivity contribution in [3.8, 4) is 5.75 Å². The van der Waals surface area contributed by atoms with Crippen LogP contribution in [0.15, 0.2) is 28.8 Å². The standard InChI is InChI=1S/C13H16N2O3/c1-3-13-14-12(15-18-13)8-17-11-7-5-4-6-10(11)9(2)16/h4-7,9,16H,3,8H2,1-2H3/t9-/m1/s1. The Kier molecular flexibility index (Phi) is 3.94. The number of hydrogen-bond donors (Lipinski definition) is 1. The van der Waals surface area contributed by atoms with E-state index in [4.69, 9.17) is 9.26 Å². The fraction of sp³-hybridized carbons (Fsp3) is 0.385. The highest BCUT2D eigenvalue weighted by Crippen LogP contribution is 2.25. The van der Waals surface area contributed by atoms with Crippen LogP contribution >= 0.6 is 0 Å². The number of nitrogens with zero attached hydrogens (tertiary/aromatic N) is 2. The summed E-state index contributed by atoms with van der Waals surface area (Å²) in [5.41, 5.74) is 0.747. The Morgan fingerprint density at radius 1 is 1.39 bits per heavy atom. The van der Waals surface area contributed by atoms with Gasteiger partial charge in [0.15, 0.2) is 6.61 Å². The molecule has 0 saturated carbocycles. The van der Waals surface area contributed by atoms with Gasteiger partial charge < -0.3 is 14.4 Å². The van der Waals surface area contributed by atoms with Crippen LogP contribution in [0.2, 0.25) is 0 Å². The van der Waals surface area contributed by atoms with Crippen molar-refractivity contribution < 1.29 is 14.4 Å². The Morgan fingerprint density at radius 3 is 2.83 bits per heavy atom. The molecule has 0 unspecified atom stereocenters. The molecule has 0 aliphatic carbocycles. The molecule has 0 saturated heterocycles. The molecule has 0 aliphatic rings. The highest BCUT2D eigenvalue weighted by molar-refractivity contribution is 5.34. The second-order valence-corrected chi connectivity index (χ2v) is 3.96. The molecule has 2 rings (SSSR count). The number of aryl methyl sites for hydroxylation is 1. The van der Waals surface area contributed by atoms with E-state index in [2.05, 4.69) is 10.1 Å². The first-order valence-corrected chi connectivity index (χ1v) is 5.92. The summed E-state index contributed by atoms with van der Waals surface area (Å²) in [5.74, 6) is 1.74. The third kappa shape index (κ3) is 2.87. The summed E-state index contributed by atoms with van der Waals surface area (Å²) in [6.07, 6.45) is 0.134. The quantitative estimate of drug-likeness (QED) is 0.879. The van der Waals surface area contributed by atoms with E-state index in [1.54, 1.807) is 6.92 Å². The summed E-state index contributed by atoms with van der Waals surface area (Å²) in [7, 11) is 0. The van der Waals surface area contributed by atoms with E-state index in [1.807, 2.05) is 31.2 Å². The van der Waals surface area contributed by atoms with Crippen LogP contribution in [0.5, 0.6) is 5.75 Å². The summed E-state index contributed by atoms with van der Waals surface area (Å²) in [6, 6.07) is 7.35. The molecule has 2 aromatic rings. The maximum atomic E-state index is 9.61. The van der Waals surface area contributed by atoms with Crippen LogP contribution in [0.25, 0.3) is 0 Å². The van der Waals surface area contributed by atoms with Gasteiger partial charge in [0.25, 0.3) is 0 Å². The van der Waals surface area contributed by atoms with E-state index in [0.29, 0.717) is 23.9 Å². The number of benzene rings is 1. The van der Waals surface area contributed by atoms with Crippen LogP contribution in [0.1, 0.15) is 37.2 Å². The molecule has 0 bridgehead atoms. The first-order chi connectivity index (χ1) is 8.70. The molecule has 0 spiro atoms. The molecule has 1 atom stereocenters. The number of ether oxygens (including phenoxy) is 1. The van der Waals surface area contributed by atoms with Gasteiger partial charge in [-0.15, -0.1) is 0 Å². The molecule has 96 valence electrons. The molecule has 0 radical (unpaired) electrons. The van der Waals surface area contributed by atoms with Gasteiger partial charge in [-0.3, -0.25) is 0 Å². The molecule has 0 amide bonds. The number of aliphatic hydroxyl groups is 1. The van der Waals surface area contributed by atoms with E-state index in [0.717, 1.165) is 5.56 Å². The monoisotopic (exact) mass is 248 g/mol. The number of hydrogen-bond acceptors (Lipinski definition) is 5.